The van der Waals surface area contributed by atoms with Crippen molar-refractivity contribution < 1.29 is 24.2 Å². The lowest BCUT2D eigenvalue weighted by molar-refractivity contribution is -0.153. The number of likely N-dealkylation sites (tertiary alicyclic amines) is 1. The van der Waals surface area contributed by atoms with Gasteiger partial charge in [0.1, 0.15) is 12.6 Å². The smallest absolute Gasteiger partial charge is 0.311 e. The third-order valence-electron chi connectivity index (χ3n) is 8.17. The topological polar surface area (TPSA) is 87.2 Å². The van der Waals surface area contributed by atoms with E-state index >= 15 is 0 Å². The van der Waals surface area contributed by atoms with Gasteiger partial charge < -0.3 is 19.6 Å². The van der Waals surface area contributed by atoms with Crippen LogP contribution in [0, 0.1) is 31.6 Å². The number of aryl methyl sites for hydroxylation is 2. The second-order valence-electron chi connectivity index (χ2n) is 11.2. The standard InChI is InChI=1S/C30H40N2O5S/c1-7-13-31(22-16-19(5)9-10-20(22)6)28(35)26-30-12-11-23(38-30)24(29(36)37-14-8-2)25(30)27(34)32(26)21(17-33)15-18(3)4/h7-10,16,18,21,23-26,33H,1-2,11-15,17H2,3-6H3/t21-,23+,24-,25+,26?,30?/m1/s1. The molecule has 3 aliphatic rings. The molecule has 3 aliphatic heterocycles. The fraction of sp³-hybridized carbons (Fsp3) is 0.567. The summed E-state index contributed by atoms with van der Waals surface area (Å²) in [5.74, 6) is -1.90. The van der Waals surface area contributed by atoms with Crippen LogP contribution in [0.5, 0.6) is 0 Å². The first-order valence-corrected chi connectivity index (χ1v) is 14.4. The van der Waals surface area contributed by atoms with Crippen molar-refractivity contribution in [3.05, 3.63) is 54.6 Å². The highest BCUT2D eigenvalue weighted by Gasteiger charge is 2.74. The number of aliphatic hydroxyl groups excluding tert-OH is 1. The molecule has 8 heteroatoms. The van der Waals surface area contributed by atoms with E-state index in [1.165, 1.54) is 6.08 Å². The molecule has 38 heavy (non-hydrogen) atoms. The summed E-state index contributed by atoms with van der Waals surface area (Å²) in [5.41, 5.74) is 2.76. The summed E-state index contributed by atoms with van der Waals surface area (Å²) in [5, 5.41) is 10.4. The molecule has 0 aromatic heterocycles. The number of fused-ring (bicyclic) bond motifs is 1. The minimum Gasteiger partial charge on any atom is -0.461 e. The van der Waals surface area contributed by atoms with Gasteiger partial charge in [0.2, 0.25) is 5.91 Å². The molecule has 3 heterocycles. The van der Waals surface area contributed by atoms with Crippen LogP contribution >= 0.6 is 11.8 Å². The number of hydrogen-bond donors (Lipinski definition) is 1. The quantitative estimate of drug-likeness (QED) is 0.337. The third kappa shape index (κ3) is 4.70. The van der Waals surface area contributed by atoms with Gasteiger partial charge in [-0.1, -0.05) is 44.7 Å². The number of carbonyl (C=O) groups is 3. The number of esters is 1. The molecule has 2 unspecified atom stereocenters. The SMILES string of the molecule is C=CCOC(=O)[C@@H]1[C@@H]2CCC3(S2)C(C(=O)N(CC=C)c2cc(C)ccc2C)N([C@@H](CO)CC(C)C)C(=O)[C@H]13. The highest BCUT2D eigenvalue weighted by Crippen LogP contribution is 2.67. The van der Waals surface area contributed by atoms with Crippen molar-refractivity contribution in [1.29, 1.82) is 0 Å². The molecule has 2 bridgehead atoms. The Labute approximate surface area is 230 Å². The van der Waals surface area contributed by atoms with Crippen molar-refractivity contribution in [2.75, 3.05) is 24.7 Å². The number of nitrogens with zero attached hydrogens (tertiary/aromatic N) is 2. The van der Waals surface area contributed by atoms with Crippen LogP contribution in [0.15, 0.2) is 43.5 Å². The number of rotatable bonds is 11. The van der Waals surface area contributed by atoms with E-state index in [0.29, 0.717) is 12.8 Å². The monoisotopic (exact) mass is 540 g/mol. The normalized spacial score (nSPS) is 28.4. The number of thioether (sulfide) groups is 1. The molecule has 0 radical (unpaired) electrons. The van der Waals surface area contributed by atoms with Gasteiger partial charge in [0.15, 0.2) is 0 Å². The zero-order valence-corrected chi connectivity index (χ0v) is 23.7. The molecule has 2 amide bonds. The van der Waals surface area contributed by atoms with E-state index in [4.69, 9.17) is 4.74 Å². The summed E-state index contributed by atoms with van der Waals surface area (Å²) < 4.78 is 4.70. The van der Waals surface area contributed by atoms with Gasteiger partial charge >= 0.3 is 5.97 Å². The number of aliphatic hydroxyl groups is 1. The van der Waals surface area contributed by atoms with Gasteiger partial charge in [-0.25, -0.2) is 0 Å². The van der Waals surface area contributed by atoms with Crippen molar-refractivity contribution in [3.8, 4) is 0 Å². The first kappa shape index (κ1) is 28.4. The van der Waals surface area contributed by atoms with Crippen LogP contribution in [-0.2, 0) is 19.1 Å². The lowest BCUT2D eigenvalue weighted by Crippen LogP contribution is -2.58. The number of ether oxygens (including phenoxy) is 1. The van der Waals surface area contributed by atoms with Crippen molar-refractivity contribution >= 4 is 35.2 Å². The Morgan fingerprint density at radius 3 is 2.66 bits per heavy atom. The summed E-state index contributed by atoms with van der Waals surface area (Å²) in [7, 11) is 0. The molecule has 3 fully saturated rings. The molecule has 0 saturated carbocycles. The van der Waals surface area contributed by atoms with Crippen LogP contribution in [0.25, 0.3) is 0 Å². The first-order chi connectivity index (χ1) is 18.1. The minimum atomic E-state index is -0.803. The molecule has 206 valence electrons. The van der Waals surface area contributed by atoms with Gasteiger partial charge in [-0.15, -0.1) is 18.3 Å². The Hall–Kier alpha value is -2.58. The second kappa shape index (κ2) is 11.3. The average Bonchev–Trinajstić information content (AvgIpc) is 3.53. The fourth-order valence-electron chi connectivity index (χ4n) is 6.68. The molecule has 1 aromatic rings. The molecule has 3 saturated heterocycles. The maximum absolute atomic E-state index is 14.7. The van der Waals surface area contributed by atoms with E-state index in [0.717, 1.165) is 23.2 Å². The third-order valence-corrected chi connectivity index (χ3v) is 10.1. The number of carbonyl (C=O) groups excluding carboxylic acids is 3. The fourth-order valence-corrected chi connectivity index (χ4v) is 8.87. The number of anilines is 1. The molecular weight excluding hydrogens is 500 g/mol. The summed E-state index contributed by atoms with van der Waals surface area (Å²) in [6.07, 6.45) is 5.16. The molecule has 7 nitrogen and oxygen atoms in total. The van der Waals surface area contributed by atoms with Crippen LogP contribution in [0.3, 0.4) is 0 Å². The Bertz CT molecular complexity index is 1120. The van der Waals surface area contributed by atoms with Gasteiger partial charge in [0.25, 0.3) is 5.91 Å². The van der Waals surface area contributed by atoms with Crippen molar-refractivity contribution in [3.63, 3.8) is 0 Å². The van der Waals surface area contributed by atoms with Crippen molar-refractivity contribution in [2.45, 2.75) is 69.0 Å². The maximum atomic E-state index is 14.7. The molecule has 0 aliphatic carbocycles. The van der Waals surface area contributed by atoms with E-state index in [2.05, 4.69) is 13.2 Å². The maximum Gasteiger partial charge on any atom is 0.311 e. The van der Waals surface area contributed by atoms with Gasteiger partial charge in [0.05, 0.1) is 29.2 Å². The van der Waals surface area contributed by atoms with Crippen LogP contribution in [0.2, 0.25) is 0 Å². The van der Waals surface area contributed by atoms with E-state index < -0.39 is 34.6 Å². The lowest BCUT2D eigenvalue weighted by atomic mass is 9.71. The van der Waals surface area contributed by atoms with Crippen molar-refractivity contribution in [2.24, 2.45) is 17.8 Å². The van der Waals surface area contributed by atoms with E-state index in [-0.39, 0.29) is 42.7 Å². The van der Waals surface area contributed by atoms with E-state index in [1.807, 2.05) is 45.9 Å². The second-order valence-corrected chi connectivity index (χ2v) is 12.8. The van der Waals surface area contributed by atoms with Crippen molar-refractivity contribution in [1.82, 2.24) is 4.90 Å². The Morgan fingerprint density at radius 2 is 2.03 bits per heavy atom. The average molecular weight is 541 g/mol. The Balaban J connectivity index is 1.83. The van der Waals surface area contributed by atoms with Crippen LogP contribution < -0.4 is 4.90 Å². The summed E-state index contributed by atoms with van der Waals surface area (Å²) in [6.45, 7) is 15.7. The highest BCUT2D eigenvalue weighted by atomic mass is 32.2. The van der Waals surface area contributed by atoms with Gasteiger partial charge in [-0.2, -0.15) is 0 Å². The van der Waals surface area contributed by atoms with Gasteiger partial charge in [-0.05, 0) is 56.2 Å². The minimum absolute atomic E-state index is 0.0787. The van der Waals surface area contributed by atoms with Gasteiger partial charge in [-0.3, -0.25) is 14.4 Å². The zero-order valence-electron chi connectivity index (χ0n) is 22.9. The predicted molar refractivity (Wildman–Crippen MR) is 151 cm³/mol. The molecule has 1 spiro atoms. The lowest BCUT2D eigenvalue weighted by Gasteiger charge is -2.40. The van der Waals surface area contributed by atoms with Gasteiger partial charge in [0, 0.05) is 17.5 Å². The summed E-state index contributed by atoms with van der Waals surface area (Å²) in [6, 6.07) is 4.66. The zero-order chi connectivity index (χ0) is 27.8. The molecule has 1 aromatic carbocycles. The number of amides is 2. The Kier molecular flexibility index (Phi) is 8.43. The number of hydrogen-bond acceptors (Lipinski definition) is 6. The number of benzene rings is 1. The summed E-state index contributed by atoms with van der Waals surface area (Å²) in [4.78, 5) is 45.5. The largest absolute Gasteiger partial charge is 0.461 e. The predicted octanol–water partition coefficient (Wildman–Crippen LogP) is 4.05. The first-order valence-electron chi connectivity index (χ1n) is 13.5. The Morgan fingerprint density at radius 1 is 1.29 bits per heavy atom. The van der Waals surface area contributed by atoms with Crippen LogP contribution in [-0.4, -0.2) is 69.6 Å². The van der Waals surface area contributed by atoms with Crippen LogP contribution in [0.1, 0.15) is 44.2 Å². The molecule has 4 rings (SSSR count). The molecular formula is C30H40N2O5S. The summed E-state index contributed by atoms with van der Waals surface area (Å²) >= 11 is 1.60. The molecule has 6 atom stereocenters. The highest BCUT2D eigenvalue weighted by molar-refractivity contribution is 8.02. The van der Waals surface area contributed by atoms with E-state index in [1.54, 1.807) is 27.6 Å². The van der Waals surface area contributed by atoms with Crippen LogP contribution in [0.4, 0.5) is 5.69 Å². The molecule has 1 N–H and O–H groups in total. The van der Waals surface area contributed by atoms with E-state index in [9.17, 15) is 19.5 Å².